The van der Waals surface area contributed by atoms with Gasteiger partial charge in [0.25, 0.3) is 0 Å². The van der Waals surface area contributed by atoms with E-state index in [1.807, 2.05) is 19.2 Å². The van der Waals surface area contributed by atoms with Gasteiger partial charge in [0.05, 0.1) is 6.42 Å². The smallest absolute Gasteiger partial charge is 0.226 e. The van der Waals surface area contributed by atoms with Crippen molar-refractivity contribution >= 4 is 5.91 Å². The van der Waals surface area contributed by atoms with Gasteiger partial charge >= 0.3 is 0 Å². The zero-order valence-corrected chi connectivity index (χ0v) is 13.0. The van der Waals surface area contributed by atoms with E-state index in [1.165, 1.54) is 16.7 Å². The van der Waals surface area contributed by atoms with E-state index in [-0.39, 0.29) is 5.91 Å². The summed E-state index contributed by atoms with van der Waals surface area (Å²) in [5, 5.41) is 0. The molecule has 2 rings (SSSR count). The monoisotopic (exact) mass is 282 g/mol. The first kappa shape index (κ1) is 15.2. The number of nitrogens with zero attached hydrogens (tertiary/aromatic N) is 2. The third kappa shape index (κ3) is 4.42. The Morgan fingerprint density at radius 1 is 1.14 bits per heavy atom. The van der Waals surface area contributed by atoms with Gasteiger partial charge in [-0.25, -0.2) is 0 Å². The van der Waals surface area contributed by atoms with Crippen LogP contribution in [0.5, 0.6) is 0 Å². The maximum atomic E-state index is 12.3. The fourth-order valence-corrected chi connectivity index (χ4v) is 2.31. The third-order valence-corrected chi connectivity index (χ3v) is 3.75. The van der Waals surface area contributed by atoms with Crippen LogP contribution in [0, 0.1) is 13.8 Å². The van der Waals surface area contributed by atoms with E-state index in [0.29, 0.717) is 6.42 Å². The second-order valence-corrected chi connectivity index (χ2v) is 5.53. The SMILES string of the molecule is Cc1ccc(CC(=O)N(C)CCc2ccncc2)c(C)c1. The van der Waals surface area contributed by atoms with E-state index in [2.05, 4.69) is 37.0 Å². The van der Waals surface area contributed by atoms with Crippen molar-refractivity contribution in [1.82, 2.24) is 9.88 Å². The number of rotatable bonds is 5. The molecular formula is C18H22N2O. The number of hydrogen-bond acceptors (Lipinski definition) is 2. The molecule has 3 nitrogen and oxygen atoms in total. The number of pyridine rings is 1. The van der Waals surface area contributed by atoms with E-state index < -0.39 is 0 Å². The maximum absolute atomic E-state index is 12.3. The summed E-state index contributed by atoms with van der Waals surface area (Å²) in [6.07, 6.45) is 4.90. The Hall–Kier alpha value is -2.16. The predicted molar refractivity (Wildman–Crippen MR) is 85.2 cm³/mol. The van der Waals surface area contributed by atoms with Crippen molar-refractivity contribution in [2.45, 2.75) is 26.7 Å². The van der Waals surface area contributed by atoms with Gasteiger partial charge < -0.3 is 4.90 Å². The van der Waals surface area contributed by atoms with Gasteiger partial charge in [-0.3, -0.25) is 9.78 Å². The van der Waals surface area contributed by atoms with Crippen LogP contribution in [0.3, 0.4) is 0 Å². The molecule has 0 saturated heterocycles. The maximum Gasteiger partial charge on any atom is 0.226 e. The fraction of sp³-hybridized carbons (Fsp3) is 0.333. The number of likely N-dealkylation sites (N-methyl/N-ethyl adjacent to an activating group) is 1. The summed E-state index contributed by atoms with van der Waals surface area (Å²) in [7, 11) is 1.87. The van der Waals surface area contributed by atoms with Crippen LogP contribution in [-0.4, -0.2) is 29.4 Å². The number of aryl methyl sites for hydroxylation is 2. The van der Waals surface area contributed by atoms with Crippen molar-refractivity contribution in [3.63, 3.8) is 0 Å². The molecule has 2 aromatic rings. The van der Waals surface area contributed by atoms with E-state index >= 15 is 0 Å². The quantitative estimate of drug-likeness (QED) is 0.844. The number of hydrogen-bond donors (Lipinski definition) is 0. The predicted octanol–water partition coefficient (Wildman–Crippen LogP) is 2.94. The summed E-state index contributed by atoms with van der Waals surface area (Å²) in [5.74, 6) is 0.163. The highest BCUT2D eigenvalue weighted by Gasteiger charge is 2.11. The van der Waals surface area contributed by atoms with Crippen LogP contribution in [0.4, 0.5) is 0 Å². The lowest BCUT2D eigenvalue weighted by Crippen LogP contribution is -2.30. The van der Waals surface area contributed by atoms with Crippen molar-refractivity contribution in [2.75, 3.05) is 13.6 Å². The van der Waals surface area contributed by atoms with Gasteiger partial charge in [0.2, 0.25) is 5.91 Å². The van der Waals surface area contributed by atoms with E-state index in [0.717, 1.165) is 18.5 Å². The highest BCUT2D eigenvalue weighted by atomic mass is 16.2. The van der Waals surface area contributed by atoms with Gasteiger partial charge in [-0.1, -0.05) is 23.8 Å². The van der Waals surface area contributed by atoms with Crippen molar-refractivity contribution in [2.24, 2.45) is 0 Å². The average Bonchev–Trinajstić information content (AvgIpc) is 2.48. The third-order valence-electron chi connectivity index (χ3n) is 3.75. The standard InChI is InChI=1S/C18H22N2O/c1-14-4-5-17(15(2)12-14)13-18(21)20(3)11-8-16-6-9-19-10-7-16/h4-7,9-10,12H,8,11,13H2,1-3H3. The van der Waals surface area contributed by atoms with Crippen LogP contribution in [-0.2, 0) is 17.6 Å². The number of benzene rings is 1. The lowest BCUT2D eigenvalue weighted by atomic mass is 10.0. The highest BCUT2D eigenvalue weighted by molar-refractivity contribution is 5.78. The number of amides is 1. The van der Waals surface area contributed by atoms with Crippen LogP contribution < -0.4 is 0 Å². The van der Waals surface area contributed by atoms with Gasteiger partial charge in [0, 0.05) is 26.0 Å². The number of carbonyl (C=O) groups is 1. The molecule has 1 heterocycles. The molecule has 0 spiro atoms. The first-order valence-electron chi connectivity index (χ1n) is 7.25. The molecule has 3 heteroatoms. The zero-order valence-electron chi connectivity index (χ0n) is 13.0. The van der Waals surface area contributed by atoms with Gasteiger partial charge in [-0.2, -0.15) is 0 Å². The number of carbonyl (C=O) groups excluding carboxylic acids is 1. The molecule has 110 valence electrons. The Kier molecular flexibility index (Phi) is 5.09. The molecule has 0 aliphatic rings. The minimum Gasteiger partial charge on any atom is -0.345 e. The van der Waals surface area contributed by atoms with Crippen molar-refractivity contribution in [1.29, 1.82) is 0 Å². The molecule has 0 saturated carbocycles. The molecule has 1 amide bonds. The van der Waals surface area contributed by atoms with Gasteiger partial charge in [-0.15, -0.1) is 0 Å². The Morgan fingerprint density at radius 3 is 2.52 bits per heavy atom. The van der Waals surface area contributed by atoms with Crippen molar-refractivity contribution in [3.05, 3.63) is 65.0 Å². The first-order valence-corrected chi connectivity index (χ1v) is 7.25. The minimum absolute atomic E-state index is 0.163. The number of aromatic nitrogens is 1. The van der Waals surface area contributed by atoms with Crippen LogP contribution in [0.15, 0.2) is 42.7 Å². The second kappa shape index (κ2) is 7.02. The molecule has 0 bridgehead atoms. The molecule has 21 heavy (non-hydrogen) atoms. The largest absolute Gasteiger partial charge is 0.345 e. The van der Waals surface area contributed by atoms with E-state index in [1.54, 1.807) is 17.3 Å². The van der Waals surface area contributed by atoms with Gasteiger partial charge in [-0.05, 0) is 49.1 Å². The molecule has 0 atom stereocenters. The Bertz CT molecular complexity index is 608. The summed E-state index contributed by atoms with van der Waals surface area (Å²) in [4.78, 5) is 18.1. The Morgan fingerprint density at radius 2 is 1.86 bits per heavy atom. The molecule has 0 radical (unpaired) electrons. The molecule has 0 unspecified atom stereocenters. The first-order chi connectivity index (χ1) is 10.1. The molecule has 1 aromatic carbocycles. The van der Waals surface area contributed by atoms with E-state index in [4.69, 9.17) is 0 Å². The lowest BCUT2D eigenvalue weighted by molar-refractivity contribution is -0.129. The summed E-state index contributed by atoms with van der Waals surface area (Å²) < 4.78 is 0. The van der Waals surface area contributed by atoms with Crippen LogP contribution in [0.2, 0.25) is 0 Å². The van der Waals surface area contributed by atoms with Crippen LogP contribution >= 0.6 is 0 Å². The molecule has 0 aliphatic carbocycles. The van der Waals surface area contributed by atoms with E-state index in [9.17, 15) is 4.79 Å². The Labute approximate surface area is 126 Å². The average molecular weight is 282 g/mol. The second-order valence-electron chi connectivity index (χ2n) is 5.53. The molecule has 1 aromatic heterocycles. The lowest BCUT2D eigenvalue weighted by Gasteiger charge is -2.18. The minimum atomic E-state index is 0.163. The fourth-order valence-electron chi connectivity index (χ4n) is 2.31. The highest BCUT2D eigenvalue weighted by Crippen LogP contribution is 2.12. The van der Waals surface area contributed by atoms with Crippen LogP contribution in [0.25, 0.3) is 0 Å². The summed E-state index contributed by atoms with van der Waals surface area (Å²) in [5.41, 5.74) is 4.73. The molecule has 0 aliphatic heterocycles. The topological polar surface area (TPSA) is 33.2 Å². The molecule has 0 fully saturated rings. The van der Waals surface area contributed by atoms with Gasteiger partial charge in [0.15, 0.2) is 0 Å². The Balaban J connectivity index is 1.90. The summed E-state index contributed by atoms with van der Waals surface area (Å²) in [6.45, 7) is 4.86. The summed E-state index contributed by atoms with van der Waals surface area (Å²) in [6, 6.07) is 10.2. The zero-order chi connectivity index (χ0) is 15.2. The molecular weight excluding hydrogens is 260 g/mol. The van der Waals surface area contributed by atoms with Crippen molar-refractivity contribution in [3.8, 4) is 0 Å². The van der Waals surface area contributed by atoms with Crippen LogP contribution in [0.1, 0.15) is 22.3 Å². The normalized spacial score (nSPS) is 10.4. The molecule has 0 N–H and O–H groups in total. The van der Waals surface area contributed by atoms with Gasteiger partial charge in [0.1, 0.15) is 0 Å². The van der Waals surface area contributed by atoms with Crippen molar-refractivity contribution < 1.29 is 4.79 Å². The summed E-state index contributed by atoms with van der Waals surface area (Å²) >= 11 is 0.